The quantitative estimate of drug-likeness (QED) is 0.533. The molecule has 29 heavy (non-hydrogen) atoms. The molecule has 0 spiro atoms. The van der Waals surface area contributed by atoms with Gasteiger partial charge in [-0.25, -0.2) is 9.67 Å². The lowest BCUT2D eigenvalue weighted by Gasteiger charge is -2.09. The van der Waals surface area contributed by atoms with Crippen molar-refractivity contribution in [2.75, 3.05) is 5.32 Å². The minimum Gasteiger partial charge on any atom is -0.319 e. The Morgan fingerprint density at radius 2 is 1.62 bits per heavy atom. The van der Waals surface area contributed by atoms with E-state index in [4.69, 9.17) is 0 Å². The van der Waals surface area contributed by atoms with Gasteiger partial charge in [-0.2, -0.15) is 0 Å². The number of hydrogen-bond acceptors (Lipinski definition) is 3. The standard InChI is InChI=1S/C24H22N4O/c1-16-11-13-20(14-12-16)25-24(29)22-26-23(19-9-6-7-17(2)15-19)28(27-22)21-10-5-4-8-18(21)3/h4-15H,1-3H3,(H,25,29). The van der Waals surface area contributed by atoms with E-state index in [0.29, 0.717) is 11.5 Å². The summed E-state index contributed by atoms with van der Waals surface area (Å²) >= 11 is 0. The number of hydrogen-bond donors (Lipinski definition) is 1. The lowest BCUT2D eigenvalue weighted by molar-refractivity contribution is 0.101. The highest BCUT2D eigenvalue weighted by molar-refractivity contribution is 6.01. The fraction of sp³-hybridized carbons (Fsp3) is 0.125. The van der Waals surface area contributed by atoms with Crippen LogP contribution in [-0.2, 0) is 0 Å². The molecule has 0 fully saturated rings. The van der Waals surface area contributed by atoms with Gasteiger partial charge >= 0.3 is 0 Å². The van der Waals surface area contributed by atoms with Crippen LogP contribution in [0.1, 0.15) is 27.3 Å². The topological polar surface area (TPSA) is 59.8 Å². The third kappa shape index (κ3) is 3.94. The molecular formula is C24H22N4O. The summed E-state index contributed by atoms with van der Waals surface area (Å²) in [7, 11) is 0. The second-order valence-electron chi connectivity index (χ2n) is 7.15. The van der Waals surface area contributed by atoms with E-state index in [9.17, 15) is 4.79 Å². The lowest BCUT2D eigenvalue weighted by Crippen LogP contribution is -2.14. The molecule has 1 N–H and O–H groups in total. The van der Waals surface area contributed by atoms with E-state index in [1.807, 2.05) is 93.6 Å². The van der Waals surface area contributed by atoms with Crippen molar-refractivity contribution in [1.82, 2.24) is 14.8 Å². The van der Waals surface area contributed by atoms with Crippen molar-refractivity contribution in [3.63, 3.8) is 0 Å². The van der Waals surface area contributed by atoms with E-state index in [0.717, 1.165) is 27.9 Å². The zero-order chi connectivity index (χ0) is 20.4. The third-order valence-corrected chi connectivity index (χ3v) is 4.74. The number of aromatic nitrogens is 3. The highest BCUT2D eigenvalue weighted by atomic mass is 16.2. The maximum absolute atomic E-state index is 12.8. The summed E-state index contributed by atoms with van der Waals surface area (Å²) in [6.07, 6.45) is 0. The predicted molar refractivity (Wildman–Crippen MR) is 115 cm³/mol. The van der Waals surface area contributed by atoms with Gasteiger partial charge in [0.25, 0.3) is 5.91 Å². The molecule has 4 rings (SSSR count). The number of rotatable bonds is 4. The first-order chi connectivity index (χ1) is 14.0. The van der Waals surface area contributed by atoms with E-state index in [1.165, 1.54) is 0 Å². The van der Waals surface area contributed by atoms with Crippen molar-refractivity contribution in [3.8, 4) is 17.1 Å². The zero-order valence-corrected chi connectivity index (χ0v) is 16.7. The molecule has 0 aliphatic carbocycles. The fourth-order valence-corrected chi connectivity index (χ4v) is 3.17. The molecule has 3 aromatic carbocycles. The molecule has 144 valence electrons. The molecule has 1 heterocycles. The van der Waals surface area contributed by atoms with Crippen LogP contribution in [-0.4, -0.2) is 20.7 Å². The number of nitrogens with one attached hydrogen (secondary N) is 1. The number of carbonyl (C=O) groups is 1. The third-order valence-electron chi connectivity index (χ3n) is 4.74. The number of carbonyl (C=O) groups excluding carboxylic acids is 1. The Labute approximate surface area is 170 Å². The molecular weight excluding hydrogens is 360 g/mol. The summed E-state index contributed by atoms with van der Waals surface area (Å²) < 4.78 is 1.74. The number of anilines is 1. The Morgan fingerprint density at radius 3 is 2.34 bits per heavy atom. The molecule has 5 heteroatoms. The fourth-order valence-electron chi connectivity index (χ4n) is 3.17. The van der Waals surface area contributed by atoms with Crippen molar-refractivity contribution in [1.29, 1.82) is 0 Å². The molecule has 0 aliphatic heterocycles. The minimum atomic E-state index is -0.338. The van der Waals surface area contributed by atoms with Crippen LogP contribution in [0.4, 0.5) is 5.69 Å². The Morgan fingerprint density at radius 1 is 0.862 bits per heavy atom. The number of amides is 1. The average molecular weight is 382 g/mol. The summed E-state index contributed by atoms with van der Waals surface area (Å²) in [6.45, 7) is 6.05. The molecule has 0 saturated carbocycles. The Kier molecular flexibility index (Phi) is 4.96. The van der Waals surface area contributed by atoms with Crippen LogP contribution in [0.25, 0.3) is 17.1 Å². The van der Waals surface area contributed by atoms with Gasteiger partial charge in [0.05, 0.1) is 5.69 Å². The molecule has 0 unspecified atom stereocenters. The number of benzene rings is 3. The van der Waals surface area contributed by atoms with E-state index in [2.05, 4.69) is 15.4 Å². The molecule has 0 bridgehead atoms. The van der Waals surface area contributed by atoms with Gasteiger partial charge in [0.1, 0.15) is 0 Å². The first kappa shape index (κ1) is 18.6. The molecule has 0 aliphatic rings. The minimum absolute atomic E-state index is 0.130. The predicted octanol–water partition coefficient (Wildman–Crippen LogP) is 5.11. The highest BCUT2D eigenvalue weighted by Crippen LogP contribution is 2.24. The monoisotopic (exact) mass is 382 g/mol. The summed E-state index contributed by atoms with van der Waals surface area (Å²) in [5.74, 6) is 0.428. The van der Waals surface area contributed by atoms with Gasteiger partial charge in [-0.05, 0) is 50.6 Å². The summed E-state index contributed by atoms with van der Waals surface area (Å²) in [4.78, 5) is 17.4. The number of para-hydroxylation sites is 1. The smallest absolute Gasteiger partial charge is 0.295 e. The maximum atomic E-state index is 12.8. The summed E-state index contributed by atoms with van der Waals surface area (Å²) in [6, 6.07) is 23.6. The molecule has 1 amide bonds. The number of aryl methyl sites for hydroxylation is 3. The van der Waals surface area contributed by atoms with Crippen LogP contribution >= 0.6 is 0 Å². The average Bonchev–Trinajstić information content (AvgIpc) is 3.15. The van der Waals surface area contributed by atoms with Gasteiger partial charge in [-0.15, -0.1) is 5.10 Å². The van der Waals surface area contributed by atoms with Gasteiger partial charge < -0.3 is 5.32 Å². The first-order valence-corrected chi connectivity index (χ1v) is 9.49. The van der Waals surface area contributed by atoms with E-state index >= 15 is 0 Å². The molecule has 1 aromatic heterocycles. The summed E-state index contributed by atoms with van der Waals surface area (Å²) in [5.41, 5.74) is 5.82. The maximum Gasteiger partial charge on any atom is 0.295 e. The van der Waals surface area contributed by atoms with Crippen molar-refractivity contribution in [2.24, 2.45) is 0 Å². The Balaban J connectivity index is 1.78. The van der Waals surface area contributed by atoms with Crippen LogP contribution in [0.3, 0.4) is 0 Å². The highest BCUT2D eigenvalue weighted by Gasteiger charge is 2.19. The number of nitrogens with zero attached hydrogens (tertiary/aromatic N) is 3. The van der Waals surface area contributed by atoms with Crippen molar-refractivity contribution in [2.45, 2.75) is 20.8 Å². The van der Waals surface area contributed by atoms with Crippen LogP contribution in [0.2, 0.25) is 0 Å². The van der Waals surface area contributed by atoms with Gasteiger partial charge in [-0.1, -0.05) is 59.7 Å². The van der Waals surface area contributed by atoms with Crippen molar-refractivity contribution in [3.05, 3.63) is 95.3 Å². The van der Waals surface area contributed by atoms with E-state index in [1.54, 1.807) is 4.68 Å². The zero-order valence-electron chi connectivity index (χ0n) is 16.7. The van der Waals surface area contributed by atoms with Gasteiger partial charge in [-0.3, -0.25) is 4.79 Å². The molecule has 5 nitrogen and oxygen atoms in total. The second-order valence-corrected chi connectivity index (χ2v) is 7.15. The summed E-state index contributed by atoms with van der Waals surface area (Å²) in [5, 5.41) is 7.43. The van der Waals surface area contributed by atoms with E-state index < -0.39 is 0 Å². The molecule has 4 aromatic rings. The normalized spacial score (nSPS) is 10.7. The van der Waals surface area contributed by atoms with Crippen LogP contribution in [0.15, 0.2) is 72.8 Å². The van der Waals surface area contributed by atoms with Crippen LogP contribution in [0, 0.1) is 20.8 Å². The molecule has 0 radical (unpaired) electrons. The Bertz CT molecular complexity index is 1180. The molecule has 0 saturated heterocycles. The van der Waals surface area contributed by atoms with Crippen LogP contribution < -0.4 is 5.32 Å². The van der Waals surface area contributed by atoms with Crippen molar-refractivity contribution < 1.29 is 4.79 Å². The second kappa shape index (κ2) is 7.72. The Hall–Kier alpha value is -3.73. The SMILES string of the molecule is Cc1ccc(NC(=O)c2nc(-c3cccc(C)c3)n(-c3ccccc3C)n2)cc1. The lowest BCUT2D eigenvalue weighted by atomic mass is 10.1. The van der Waals surface area contributed by atoms with E-state index in [-0.39, 0.29) is 11.7 Å². The van der Waals surface area contributed by atoms with Gasteiger partial charge in [0.2, 0.25) is 5.82 Å². The van der Waals surface area contributed by atoms with Gasteiger partial charge in [0, 0.05) is 11.3 Å². The van der Waals surface area contributed by atoms with Crippen LogP contribution in [0.5, 0.6) is 0 Å². The van der Waals surface area contributed by atoms with Crippen molar-refractivity contribution >= 4 is 11.6 Å². The first-order valence-electron chi connectivity index (χ1n) is 9.49. The molecule has 0 atom stereocenters. The largest absolute Gasteiger partial charge is 0.319 e. The van der Waals surface area contributed by atoms with Gasteiger partial charge in [0.15, 0.2) is 5.82 Å².